The van der Waals surface area contributed by atoms with Crippen molar-refractivity contribution in [1.29, 1.82) is 0 Å². The molecule has 0 unspecified atom stereocenters. The SMILES string of the molecule is CC(C)c1ccccc1NC(=O)N1CCC2(CC1)OCCc1cn[nH]c12. The third-order valence-corrected chi connectivity index (χ3v) is 5.61. The van der Waals surface area contributed by atoms with Crippen LogP contribution in [0.3, 0.4) is 0 Å². The van der Waals surface area contributed by atoms with Gasteiger partial charge in [-0.15, -0.1) is 0 Å². The molecule has 1 aromatic carbocycles. The number of fused-ring (bicyclic) bond motifs is 2. The molecule has 0 atom stereocenters. The molecule has 2 aliphatic heterocycles. The molecule has 6 heteroatoms. The first-order valence-electron chi connectivity index (χ1n) is 9.40. The molecule has 2 aromatic rings. The van der Waals surface area contributed by atoms with Gasteiger partial charge in [0, 0.05) is 18.8 Å². The highest BCUT2D eigenvalue weighted by Crippen LogP contribution is 2.40. The fraction of sp³-hybridized carbons (Fsp3) is 0.500. The maximum Gasteiger partial charge on any atom is 0.321 e. The van der Waals surface area contributed by atoms with Crippen LogP contribution in [0, 0.1) is 0 Å². The lowest BCUT2D eigenvalue weighted by Gasteiger charge is -2.43. The lowest BCUT2D eigenvalue weighted by atomic mass is 9.84. The van der Waals surface area contributed by atoms with Crippen LogP contribution in [0.4, 0.5) is 10.5 Å². The van der Waals surface area contributed by atoms with Gasteiger partial charge in [-0.25, -0.2) is 4.79 Å². The van der Waals surface area contributed by atoms with Crippen molar-refractivity contribution in [3.05, 3.63) is 47.3 Å². The number of carbonyl (C=O) groups excluding carboxylic acids is 1. The van der Waals surface area contributed by atoms with Gasteiger partial charge in [0.2, 0.25) is 0 Å². The molecule has 2 amide bonds. The number of nitrogens with zero attached hydrogens (tertiary/aromatic N) is 2. The van der Waals surface area contributed by atoms with Gasteiger partial charge in [0.1, 0.15) is 5.60 Å². The van der Waals surface area contributed by atoms with E-state index in [4.69, 9.17) is 4.74 Å². The predicted octanol–water partition coefficient (Wildman–Crippen LogP) is 3.63. The molecule has 2 aliphatic rings. The van der Waals surface area contributed by atoms with E-state index in [0.29, 0.717) is 19.0 Å². The highest BCUT2D eigenvalue weighted by molar-refractivity contribution is 5.90. The Morgan fingerprint density at radius 3 is 2.85 bits per heavy atom. The lowest BCUT2D eigenvalue weighted by molar-refractivity contribution is -0.0948. The Labute approximate surface area is 153 Å². The van der Waals surface area contributed by atoms with E-state index in [1.165, 1.54) is 5.56 Å². The summed E-state index contributed by atoms with van der Waals surface area (Å²) in [6.45, 7) is 6.35. The number of likely N-dealkylation sites (tertiary alicyclic amines) is 1. The Morgan fingerprint density at radius 1 is 1.31 bits per heavy atom. The van der Waals surface area contributed by atoms with E-state index in [9.17, 15) is 4.79 Å². The van der Waals surface area contributed by atoms with Crippen molar-refractivity contribution in [3.63, 3.8) is 0 Å². The standard InChI is InChI=1S/C20H26N4O2/c1-14(2)16-5-3-4-6-17(16)22-19(25)24-10-8-20(9-11-24)18-15(7-12-26-20)13-21-23-18/h3-6,13-14H,7-12H2,1-2H3,(H,21,23)(H,22,25). The number of ether oxygens (including phenoxy) is 1. The van der Waals surface area contributed by atoms with Crippen LogP contribution in [0.5, 0.6) is 0 Å². The third kappa shape index (κ3) is 2.98. The first-order valence-corrected chi connectivity index (χ1v) is 9.40. The van der Waals surface area contributed by atoms with Crippen LogP contribution in [0.1, 0.15) is 49.4 Å². The van der Waals surface area contributed by atoms with Crippen molar-refractivity contribution in [2.24, 2.45) is 0 Å². The van der Waals surface area contributed by atoms with Crippen LogP contribution in [-0.2, 0) is 16.8 Å². The van der Waals surface area contributed by atoms with Crippen molar-refractivity contribution in [3.8, 4) is 0 Å². The zero-order valence-electron chi connectivity index (χ0n) is 15.4. The number of amides is 2. The summed E-state index contributed by atoms with van der Waals surface area (Å²) >= 11 is 0. The average Bonchev–Trinajstić information content (AvgIpc) is 3.13. The molecule has 1 fully saturated rings. The van der Waals surface area contributed by atoms with E-state index >= 15 is 0 Å². The smallest absolute Gasteiger partial charge is 0.321 e. The highest BCUT2D eigenvalue weighted by atomic mass is 16.5. The molecule has 138 valence electrons. The third-order valence-electron chi connectivity index (χ3n) is 5.61. The van der Waals surface area contributed by atoms with Gasteiger partial charge in [0.15, 0.2) is 0 Å². The normalized spacial score (nSPS) is 18.8. The van der Waals surface area contributed by atoms with Crippen LogP contribution in [0.15, 0.2) is 30.5 Å². The van der Waals surface area contributed by atoms with E-state index in [1.807, 2.05) is 29.3 Å². The van der Waals surface area contributed by atoms with Gasteiger partial charge in [-0.2, -0.15) is 5.10 Å². The fourth-order valence-corrected chi connectivity index (χ4v) is 4.10. The molecule has 26 heavy (non-hydrogen) atoms. The molecule has 0 bridgehead atoms. The van der Waals surface area contributed by atoms with Gasteiger partial charge in [0.25, 0.3) is 0 Å². The van der Waals surface area contributed by atoms with Crippen LogP contribution < -0.4 is 5.32 Å². The average molecular weight is 354 g/mol. The second-order valence-electron chi connectivity index (χ2n) is 7.52. The Hall–Kier alpha value is -2.34. The number of nitrogens with one attached hydrogen (secondary N) is 2. The largest absolute Gasteiger partial charge is 0.368 e. The summed E-state index contributed by atoms with van der Waals surface area (Å²) in [7, 11) is 0. The topological polar surface area (TPSA) is 70.2 Å². The van der Waals surface area contributed by atoms with Gasteiger partial charge >= 0.3 is 6.03 Å². The summed E-state index contributed by atoms with van der Waals surface area (Å²) in [5.41, 5.74) is 4.11. The lowest BCUT2D eigenvalue weighted by Crippen LogP contribution is -2.49. The molecule has 1 aromatic heterocycles. The van der Waals surface area contributed by atoms with Crippen LogP contribution in [-0.4, -0.2) is 40.8 Å². The highest BCUT2D eigenvalue weighted by Gasteiger charge is 2.43. The molecular weight excluding hydrogens is 328 g/mol. The first-order chi connectivity index (χ1) is 12.6. The number of urea groups is 1. The van der Waals surface area contributed by atoms with Crippen LogP contribution in [0.2, 0.25) is 0 Å². The number of piperidine rings is 1. The zero-order chi connectivity index (χ0) is 18.1. The number of hydrogen-bond donors (Lipinski definition) is 2. The van der Waals surface area contributed by atoms with E-state index < -0.39 is 0 Å². The maximum atomic E-state index is 12.8. The second-order valence-corrected chi connectivity index (χ2v) is 7.52. The molecule has 4 rings (SSSR count). The molecule has 1 spiro atoms. The number of aromatic nitrogens is 2. The number of H-pyrrole nitrogens is 1. The summed E-state index contributed by atoms with van der Waals surface area (Å²) < 4.78 is 6.16. The first kappa shape index (κ1) is 17.1. The van der Waals surface area contributed by atoms with Crippen molar-refractivity contribution < 1.29 is 9.53 Å². The Balaban J connectivity index is 1.44. The van der Waals surface area contributed by atoms with Gasteiger partial charge in [-0.3, -0.25) is 5.10 Å². The minimum absolute atomic E-state index is 0.0337. The summed E-state index contributed by atoms with van der Waals surface area (Å²) in [6.07, 6.45) is 4.40. The fourth-order valence-electron chi connectivity index (χ4n) is 4.10. The van der Waals surface area contributed by atoms with Crippen molar-refractivity contribution in [2.75, 3.05) is 25.0 Å². The zero-order valence-corrected chi connectivity index (χ0v) is 15.4. The molecule has 0 aliphatic carbocycles. The van der Waals surface area contributed by atoms with Gasteiger partial charge in [0.05, 0.1) is 18.5 Å². The monoisotopic (exact) mass is 354 g/mol. The van der Waals surface area contributed by atoms with E-state index in [2.05, 4.69) is 35.4 Å². The molecule has 2 N–H and O–H groups in total. The van der Waals surface area contributed by atoms with E-state index in [0.717, 1.165) is 42.8 Å². The molecule has 3 heterocycles. The van der Waals surface area contributed by atoms with Crippen LogP contribution >= 0.6 is 0 Å². The summed E-state index contributed by atoms with van der Waals surface area (Å²) in [4.78, 5) is 14.6. The van der Waals surface area contributed by atoms with Crippen molar-refractivity contribution in [1.82, 2.24) is 15.1 Å². The van der Waals surface area contributed by atoms with Crippen LogP contribution in [0.25, 0.3) is 0 Å². The molecule has 1 saturated heterocycles. The molecule has 0 saturated carbocycles. The number of rotatable bonds is 2. The quantitative estimate of drug-likeness (QED) is 0.865. The number of anilines is 1. The number of aromatic amines is 1. The minimum atomic E-state index is -0.309. The van der Waals surface area contributed by atoms with E-state index in [1.54, 1.807) is 0 Å². The number of carbonyl (C=O) groups is 1. The Kier molecular flexibility index (Phi) is 4.44. The number of benzene rings is 1. The van der Waals surface area contributed by atoms with Gasteiger partial charge < -0.3 is 15.0 Å². The summed E-state index contributed by atoms with van der Waals surface area (Å²) in [6, 6.07) is 7.98. The van der Waals surface area contributed by atoms with Gasteiger partial charge in [-0.05, 0) is 42.4 Å². The summed E-state index contributed by atoms with van der Waals surface area (Å²) in [5, 5.41) is 10.4. The molecule has 6 nitrogen and oxygen atoms in total. The second kappa shape index (κ2) is 6.76. The minimum Gasteiger partial charge on any atom is -0.368 e. The predicted molar refractivity (Wildman–Crippen MR) is 100 cm³/mol. The maximum absolute atomic E-state index is 12.8. The molecule has 0 radical (unpaired) electrons. The Morgan fingerprint density at radius 2 is 2.08 bits per heavy atom. The summed E-state index contributed by atoms with van der Waals surface area (Å²) in [5.74, 6) is 0.366. The number of hydrogen-bond acceptors (Lipinski definition) is 3. The van der Waals surface area contributed by atoms with Gasteiger partial charge in [-0.1, -0.05) is 32.0 Å². The van der Waals surface area contributed by atoms with Crippen molar-refractivity contribution >= 4 is 11.7 Å². The van der Waals surface area contributed by atoms with Crippen molar-refractivity contribution in [2.45, 2.75) is 44.6 Å². The van der Waals surface area contributed by atoms with E-state index in [-0.39, 0.29) is 11.6 Å². The molecular formula is C20H26N4O2. The Bertz CT molecular complexity index is 791. The number of para-hydroxylation sites is 1.